The number of rotatable bonds is 7. The number of nitrogens with zero attached hydrogens (tertiary/aromatic N) is 4. The molecule has 1 saturated heterocycles. The summed E-state index contributed by atoms with van der Waals surface area (Å²) in [6.45, 7) is 9.64. The van der Waals surface area contributed by atoms with Crippen molar-refractivity contribution in [2.45, 2.75) is 46.6 Å². The second-order valence-electron chi connectivity index (χ2n) is 9.88. The molecule has 1 aliphatic heterocycles. The Morgan fingerprint density at radius 3 is 2.81 bits per heavy atom. The maximum absolute atomic E-state index is 14.8. The van der Waals surface area contributed by atoms with E-state index < -0.39 is 0 Å². The molecule has 8 heteroatoms. The molecular weight excluding hydrogens is 457 g/mol. The van der Waals surface area contributed by atoms with Crippen LogP contribution in [0.15, 0.2) is 36.7 Å². The summed E-state index contributed by atoms with van der Waals surface area (Å²) in [5.74, 6) is 1.46. The van der Waals surface area contributed by atoms with E-state index in [0.29, 0.717) is 51.2 Å². The maximum Gasteiger partial charge on any atom is 0.224 e. The SMILES string of the molecule is CCC(C)C1CN(C)CCC1N(C(C)=O)c1cc2c(Nc3cccc(C)c3F)ncnc2cc1OC. The molecule has 0 saturated carbocycles. The summed E-state index contributed by atoms with van der Waals surface area (Å²) in [6, 6.07) is 8.96. The zero-order chi connectivity index (χ0) is 26.0. The first kappa shape index (κ1) is 25.8. The smallest absolute Gasteiger partial charge is 0.224 e. The van der Waals surface area contributed by atoms with Crippen LogP contribution in [-0.2, 0) is 4.79 Å². The number of hydrogen-bond donors (Lipinski definition) is 1. The summed E-state index contributed by atoms with van der Waals surface area (Å²) >= 11 is 0. The lowest BCUT2D eigenvalue weighted by atomic mass is 9.80. The first-order valence-electron chi connectivity index (χ1n) is 12.6. The maximum atomic E-state index is 14.8. The average molecular weight is 494 g/mol. The minimum absolute atomic E-state index is 0.0356. The Morgan fingerprint density at radius 2 is 2.11 bits per heavy atom. The van der Waals surface area contributed by atoms with E-state index >= 15 is 0 Å². The lowest BCUT2D eigenvalue weighted by molar-refractivity contribution is -0.117. The second-order valence-corrected chi connectivity index (χ2v) is 9.88. The molecule has 3 atom stereocenters. The number of amides is 1. The number of halogens is 1. The highest BCUT2D eigenvalue weighted by Gasteiger charge is 2.38. The van der Waals surface area contributed by atoms with Gasteiger partial charge in [0.1, 0.15) is 23.7 Å². The van der Waals surface area contributed by atoms with Crippen LogP contribution >= 0.6 is 0 Å². The number of carbonyl (C=O) groups excluding carboxylic acids is 1. The van der Waals surface area contributed by atoms with Crippen molar-refractivity contribution in [2.24, 2.45) is 11.8 Å². The van der Waals surface area contributed by atoms with Gasteiger partial charge in [0.05, 0.1) is 24.0 Å². The van der Waals surface area contributed by atoms with Gasteiger partial charge in [-0.2, -0.15) is 0 Å². The van der Waals surface area contributed by atoms with Gasteiger partial charge in [-0.25, -0.2) is 14.4 Å². The minimum Gasteiger partial charge on any atom is -0.494 e. The number of benzene rings is 2. The van der Waals surface area contributed by atoms with Gasteiger partial charge in [-0.15, -0.1) is 0 Å². The molecule has 3 unspecified atom stereocenters. The van der Waals surface area contributed by atoms with Crippen LogP contribution in [0.3, 0.4) is 0 Å². The Labute approximate surface area is 212 Å². The number of hydrogen-bond acceptors (Lipinski definition) is 6. The van der Waals surface area contributed by atoms with E-state index in [4.69, 9.17) is 4.74 Å². The molecule has 1 aromatic heterocycles. The number of likely N-dealkylation sites (tertiary alicyclic amines) is 1. The van der Waals surface area contributed by atoms with E-state index in [9.17, 15) is 9.18 Å². The van der Waals surface area contributed by atoms with Crippen molar-refractivity contribution in [1.29, 1.82) is 0 Å². The molecule has 0 spiro atoms. The van der Waals surface area contributed by atoms with Crippen molar-refractivity contribution >= 4 is 34.0 Å². The number of methoxy groups -OCH3 is 1. The van der Waals surface area contributed by atoms with Crippen LogP contribution in [0.2, 0.25) is 0 Å². The van der Waals surface area contributed by atoms with Gasteiger partial charge in [-0.3, -0.25) is 4.79 Å². The molecule has 0 bridgehead atoms. The standard InChI is InChI=1S/C28H36FN5O2/c1-7-17(2)21-15-33(5)12-11-24(21)34(19(4)35)25-13-20-23(14-26(25)36-6)30-16-31-28(20)32-22-10-8-9-18(3)27(22)29/h8-10,13-14,16-17,21,24H,7,11-12,15H2,1-6H3,(H,30,31,32). The lowest BCUT2D eigenvalue weighted by Gasteiger charge is -2.45. The zero-order valence-corrected chi connectivity index (χ0v) is 22.0. The van der Waals surface area contributed by atoms with E-state index in [-0.39, 0.29) is 17.8 Å². The van der Waals surface area contributed by atoms with E-state index in [1.165, 1.54) is 6.33 Å². The van der Waals surface area contributed by atoms with Gasteiger partial charge in [0.2, 0.25) is 5.91 Å². The number of ether oxygens (including phenoxy) is 1. The third-order valence-corrected chi connectivity index (χ3v) is 7.51. The third kappa shape index (κ3) is 5.00. The molecule has 2 heterocycles. The van der Waals surface area contributed by atoms with Crippen LogP contribution in [-0.4, -0.2) is 54.1 Å². The highest BCUT2D eigenvalue weighted by Crippen LogP contribution is 2.40. The molecule has 192 valence electrons. The summed E-state index contributed by atoms with van der Waals surface area (Å²) in [5.41, 5.74) is 2.21. The van der Waals surface area contributed by atoms with Crippen molar-refractivity contribution in [3.63, 3.8) is 0 Å². The van der Waals surface area contributed by atoms with E-state index in [0.717, 1.165) is 25.9 Å². The summed E-state index contributed by atoms with van der Waals surface area (Å²) in [6.07, 6.45) is 3.35. The Hall–Kier alpha value is -3.26. The van der Waals surface area contributed by atoms with E-state index in [1.54, 1.807) is 39.2 Å². The minimum atomic E-state index is -0.328. The van der Waals surface area contributed by atoms with Gasteiger partial charge in [0.25, 0.3) is 0 Å². The number of aryl methyl sites for hydroxylation is 1. The summed E-state index contributed by atoms with van der Waals surface area (Å²) in [4.78, 5) is 26.3. The lowest BCUT2D eigenvalue weighted by Crippen LogP contribution is -2.53. The Morgan fingerprint density at radius 1 is 1.33 bits per heavy atom. The number of piperidine rings is 1. The van der Waals surface area contributed by atoms with Crippen LogP contribution in [0.4, 0.5) is 21.6 Å². The molecule has 1 fully saturated rings. The van der Waals surface area contributed by atoms with Crippen molar-refractivity contribution in [3.05, 3.63) is 48.0 Å². The Bertz CT molecular complexity index is 1250. The normalized spacial score (nSPS) is 19.2. The molecule has 0 radical (unpaired) electrons. The predicted octanol–water partition coefficient (Wildman–Crippen LogP) is 5.55. The van der Waals surface area contributed by atoms with Crippen LogP contribution < -0.4 is 15.0 Å². The van der Waals surface area contributed by atoms with Gasteiger partial charge < -0.3 is 19.9 Å². The van der Waals surface area contributed by atoms with Crippen LogP contribution in [0.1, 0.15) is 39.2 Å². The third-order valence-electron chi connectivity index (χ3n) is 7.51. The summed E-state index contributed by atoms with van der Waals surface area (Å²) in [7, 11) is 3.74. The Balaban J connectivity index is 1.84. The Kier molecular flexibility index (Phi) is 7.73. The van der Waals surface area contributed by atoms with Crippen LogP contribution in [0.25, 0.3) is 10.9 Å². The molecule has 36 heavy (non-hydrogen) atoms. The van der Waals surface area contributed by atoms with Crippen molar-refractivity contribution in [1.82, 2.24) is 14.9 Å². The van der Waals surface area contributed by atoms with Gasteiger partial charge in [0.15, 0.2) is 0 Å². The largest absolute Gasteiger partial charge is 0.494 e. The number of anilines is 3. The fourth-order valence-corrected chi connectivity index (χ4v) is 5.30. The fourth-order valence-electron chi connectivity index (χ4n) is 5.30. The molecule has 7 nitrogen and oxygen atoms in total. The highest BCUT2D eigenvalue weighted by atomic mass is 19.1. The summed E-state index contributed by atoms with van der Waals surface area (Å²) in [5, 5.41) is 3.82. The van der Waals surface area contributed by atoms with Crippen molar-refractivity contribution < 1.29 is 13.9 Å². The average Bonchev–Trinajstić information content (AvgIpc) is 2.86. The molecule has 2 aromatic carbocycles. The number of fused-ring (bicyclic) bond motifs is 1. The van der Waals surface area contributed by atoms with E-state index in [2.05, 4.69) is 41.1 Å². The predicted molar refractivity (Wildman–Crippen MR) is 143 cm³/mol. The highest BCUT2D eigenvalue weighted by molar-refractivity contribution is 6.00. The topological polar surface area (TPSA) is 70.6 Å². The fraction of sp³-hybridized carbons (Fsp3) is 0.464. The van der Waals surface area contributed by atoms with Crippen LogP contribution in [0.5, 0.6) is 5.75 Å². The van der Waals surface area contributed by atoms with Crippen molar-refractivity contribution in [3.8, 4) is 5.75 Å². The van der Waals surface area contributed by atoms with Gasteiger partial charge >= 0.3 is 0 Å². The summed E-state index contributed by atoms with van der Waals surface area (Å²) < 4.78 is 20.5. The molecule has 1 amide bonds. The first-order valence-corrected chi connectivity index (χ1v) is 12.6. The molecule has 0 aliphatic carbocycles. The molecular formula is C28H36FN5O2. The molecule has 1 aliphatic rings. The molecule has 3 aromatic rings. The first-order chi connectivity index (χ1) is 17.2. The monoisotopic (exact) mass is 493 g/mol. The van der Waals surface area contributed by atoms with Gasteiger partial charge in [-0.1, -0.05) is 32.4 Å². The van der Waals surface area contributed by atoms with E-state index in [1.807, 2.05) is 17.0 Å². The quantitative estimate of drug-likeness (QED) is 0.465. The van der Waals surface area contributed by atoms with Crippen LogP contribution in [0, 0.1) is 24.6 Å². The number of aromatic nitrogens is 2. The molecule has 1 N–H and O–H groups in total. The van der Waals surface area contributed by atoms with Gasteiger partial charge in [0, 0.05) is 31.0 Å². The molecule has 4 rings (SSSR count). The second kappa shape index (κ2) is 10.8. The number of nitrogens with one attached hydrogen (secondary N) is 1. The van der Waals surface area contributed by atoms with Crippen molar-refractivity contribution in [2.75, 3.05) is 37.5 Å². The van der Waals surface area contributed by atoms with Gasteiger partial charge in [-0.05, 0) is 56.5 Å². The number of carbonyl (C=O) groups is 1. The zero-order valence-electron chi connectivity index (χ0n) is 22.0.